The number of anilines is 1. The van der Waals surface area contributed by atoms with Crippen LogP contribution in [-0.2, 0) is 14.3 Å². The van der Waals surface area contributed by atoms with Gasteiger partial charge in [0.2, 0.25) is 11.8 Å². The molecule has 2 amide bonds. The van der Waals surface area contributed by atoms with Gasteiger partial charge in [0.15, 0.2) is 0 Å². The SMILES string of the molecule is O=C(CN1C(=O)[C@@]2(COc3ccc(F)cc3)C[C@H]2c2ccccc21)N1CCOCC1. The van der Waals surface area contributed by atoms with Crippen LogP contribution in [0.5, 0.6) is 5.75 Å². The summed E-state index contributed by atoms with van der Waals surface area (Å²) in [4.78, 5) is 29.8. The van der Waals surface area contributed by atoms with Gasteiger partial charge >= 0.3 is 0 Å². The van der Waals surface area contributed by atoms with Gasteiger partial charge in [-0.25, -0.2) is 4.39 Å². The summed E-state index contributed by atoms with van der Waals surface area (Å²) < 4.78 is 24.4. The number of hydrogen-bond acceptors (Lipinski definition) is 4. The number of morpholine rings is 1. The third kappa shape index (κ3) is 3.23. The van der Waals surface area contributed by atoms with Crippen LogP contribution in [-0.4, -0.2) is 56.2 Å². The number of fused-ring (bicyclic) bond motifs is 3. The molecule has 2 fully saturated rings. The third-order valence-electron chi connectivity index (χ3n) is 6.32. The quantitative estimate of drug-likeness (QED) is 0.760. The second-order valence-electron chi connectivity index (χ2n) is 8.10. The Morgan fingerprint density at radius 3 is 2.63 bits per heavy atom. The van der Waals surface area contributed by atoms with E-state index in [2.05, 4.69) is 0 Å². The summed E-state index contributed by atoms with van der Waals surface area (Å²) in [7, 11) is 0. The van der Waals surface area contributed by atoms with Crippen LogP contribution in [0.2, 0.25) is 0 Å². The Kier molecular flexibility index (Phi) is 4.70. The van der Waals surface area contributed by atoms with Crippen molar-refractivity contribution >= 4 is 17.5 Å². The zero-order chi connectivity index (χ0) is 20.7. The zero-order valence-corrected chi connectivity index (χ0v) is 16.6. The summed E-state index contributed by atoms with van der Waals surface area (Å²) in [5.74, 6) is 0.126. The first kappa shape index (κ1) is 19.1. The van der Waals surface area contributed by atoms with Gasteiger partial charge in [-0.15, -0.1) is 0 Å². The molecular formula is C23H23FN2O4. The molecule has 1 aliphatic carbocycles. The molecule has 5 rings (SSSR count). The third-order valence-corrected chi connectivity index (χ3v) is 6.32. The first-order chi connectivity index (χ1) is 14.6. The van der Waals surface area contributed by atoms with Crippen molar-refractivity contribution in [3.8, 4) is 5.75 Å². The van der Waals surface area contributed by atoms with E-state index in [1.54, 1.807) is 21.9 Å². The monoisotopic (exact) mass is 410 g/mol. The van der Waals surface area contributed by atoms with Crippen LogP contribution < -0.4 is 9.64 Å². The normalized spacial score (nSPS) is 24.8. The zero-order valence-electron chi connectivity index (χ0n) is 16.6. The molecular weight excluding hydrogens is 387 g/mol. The van der Waals surface area contributed by atoms with Crippen LogP contribution >= 0.6 is 0 Å². The van der Waals surface area contributed by atoms with Gasteiger partial charge in [-0.05, 0) is 42.3 Å². The van der Waals surface area contributed by atoms with Gasteiger partial charge in [-0.1, -0.05) is 18.2 Å². The minimum absolute atomic E-state index is 0.0147. The van der Waals surface area contributed by atoms with Gasteiger partial charge in [0, 0.05) is 24.7 Å². The van der Waals surface area contributed by atoms with Crippen LogP contribution in [0.1, 0.15) is 17.9 Å². The highest BCUT2D eigenvalue weighted by molar-refractivity contribution is 6.07. The van der Waals surface area contributed by atoms with Crippen molar-refractivity contribution in [3.63, 3.8) is 0 Å². The molecule has 0 N–H and O–H groups in total. The average Bonchev–Trinajstić information content (AvgIpc) is 3.53. The molecule has 156 valence electrons. The predicted octanol–water partition coefficient (Wildman–Crippen LogP) is 2.58. The van der Waals surface area contributed by atoms with Crippen molar-refractivity contribution < 1.29 is 23.5 Å². The predicted molar refractivity (Wildman–Crippen MR) is 108 cm³/mol. The average molecular weight is 410 g/mol. The van der Waals surface area contributed by atoms with Crippen molar-refractivity contribution in [2.75, 3.05) is 44.4 Å². The Labute approximate surface area is 174 Å². The number of halogens is 1. The molecule has 0 bridgehead atoms. The Bertz CT molecular complexity index is 973. The Balaban J connectivity index is 1.38. The van der Waals surface area contributed by atoms with Crippen molar-refractivity contribution in [2.24, 2.45) is 5.41 Å². The van der Waals surface area contributed by atoms with Crippen molar-refractivity contribution in [1.29, 1.82) is 0 Å². The maximum absolute atomic E-state index is 13.5. The largest absolute Gasteiger partial charge is 0.492 e. The number of nitrogens with zero attached hydrogens (tertiary/aromatic N) is 2. The summed E-state index contributed by atoms with van der Waals surface area (Å²) in [6.45, 7) is 2.36. The summed E-state index contributed by atoms with van der Waals surface area (Å²) in [6, 6.07) is 13.6. The van der Waals surface area contributed by atoms with Crippen LogP contribution in [0.15, 0.2) is 48.5 Å². The topological polar surface area (TPSA) is 59.1 Å². The van der Waals surface area contributed by atoms with Crippen LogP contribution in [0.4, 0.5) is 10.1 Å². The van der Waals surface area contributed by atoms with E-state index in [9.17, 15) is 14.0 Å². The van der Waals surface area contributed by atoms with Gasteiger partial charge in [0.1, 0.15) is 24.7 Å². The molecule has 0 spiro atoms. The highest BCUT2D eigenvalue weighted by Gasteiger charge is 2.66. The lowest BCUT2D eigenvalue weighted by Gasteiger charge is -2.35. The Hall–Kier alpha value is -2.93. The van der Waals surface area contributed by atoms with Crippen molar-refractivity contribution in [2.45, 2.75) is 12.3 Å². The molecule has 7 heteroatoms. The lowest BCUT2D eigenvalue weighted by molar-refractivity contribution is -0.136. The van der Waals surface area contributed by atoms with E-state index in [1.165, 1.54) is 12.1 Å². The molecule has 2 aliphatic heterocycles. The maximum Gasteiger partial charge on any atom is 0.242 e. The van der Waals surface area contributed by atoms with E-state index in [4.69, 9.17) is 9.47 Å². The summed E-state index contributed by atoms with van der Waals surface area (Å²) in [6.07, 6.45) is 0.687. The van der Waals surface area contributed by atoms with E-state index < -0.39 is 5.41 Å². The van der Waals surface area contributed by atoms with Crippen LogP contribution in [0.3, 0.4) is 0 Å². The number of carbonyl (C=O) groups excluding carboxylic acids is 2. The van der Waals surface area contributed by atoms with Crippen molar-refractivity contribution in [3.05, 3.63) is 59.9 Å². The molecule has 6 nitrogen and oxygen atoms in total. The molecule has 0 radical (unpaired) electrons. The standard InChI is InChI=1S/C23H23FN2O4/c24-16-5-7-17(8-6-16)30-15-23-13-19(23)18-3-1-2-4-20(18)26(22(23)28)14-21(27)25-9-11-29-12-10-25/h1-8,19H,9-15H2/t19-,23+/m0/s1. The van der Waals surface area contributed by atoms with E-state index >= 15 is 0 Å². The van der Waals surface area contributed by atoms with E-state index in [0.29, 0.717) is 38.5 Å². The van der Waals surface area contributed by atoms with Gasteiger partial charge < -0.3 is 19.3 Å². The number of para-hydroxylation sites is 1. The number of ether oxygens (including phenoxy) is 2. The molecule has 3 aliphatic rings. The number of hydrogen-bond donors (Lipinski definition) is 0. The fourth-order valence-electron chi connectivity index (χ4n) is 4.52. The van der Waals surface area contributed by atoms with Gasteiger partial charge in [0.05, 0.1) is 18.6 Å². The Morgan fingerprint density at radius 1 is 1.13 bits per heavy atom. The second-order valence-corrected chi connectivity index (χ2v) is 8.10. The molecule has 2 atom stereocenters. The van der Waals surface area contributed by atoms with Gasteiger partial charge in [-0.3, -0.25) is 9.59 Å². The number of rotatable bonds is 5. The molecule has 1 saturated carbocycles. The summed E-state index contributed by atoms with van der Waals surface area (Å²) in [5.41, 5.74) is 1.22. The molecule has 2 heterocycles. The molecule has 30 heavy (non-hydrogen) atoms. The number of carbonyl (C=O) groups is 2. The van der Waals surface area contributed by atoms with E-state index in [0.717, 1.165) is 11.3 Å². The first-order valence-electron chi connectivity index (χ1n) is 10.2. The molecule has 0 unspecified atom stereocenters. The Morgan fingerprint density at radius 2 is 1.87 bits per heavy atom. The first-order valence-corrected chi connectivity index (χ1v) is 10.2. The fraction of sp³-hybridized carbons (Fsp3) is 0.391. The summed E-state index contributed by atoms with van der Waals surface area (Å²) >= 11 is 0. The molecule has 2 aromatic carbocycles. The smallest absolute Gasteiger partial charge is 0.242 e. The minimum Gasteiger partial charge on any atom is -0.492 e. The number of amides is 2. The lowest BCUT2D eigenvalue weighted by atomic mass is 9.92. The highest BCUT2D eigenvalue weighted by atomic mass is 19.1. The van der Waals surface area contributed by atoms with Crippen LogP contribution in [0, 0.1) is 11.2 Å². The minimum atomic E-state index is -0.673. The second kappa shape index (κ2) is 7.40. The molecule has 1 saturated heterocycles. The molecule has 2 aromatic rings. The van der Waals surface area contributed by atoms with Crippen LogP contribution in [0.25, 0.3) is 0 Å². The van der Waals surface area contributed by atoms with Gasteiger partial charge in [-0.2, -0.15) is 0 Å². The highest BCUT2D eigenvalue weighted by Crippen LogP contribution is 2.65. The van der Waals surface area contributed by atoms with Gasteiger partial charge in [0.25, 0.3) is 0 Å². The van der Waals surface area contributed by atoms with Crippen molar-refractivity contribution in [1.82, 2.24) is 4.90 Å². The summed E-state index contributed by atoms with van der Waals surface area (Å²) in [5, 5.41) is 0. The fourth-order valence-corrected chi connectivity index (χ4v) is 4.52. The number of benzene rings is 2. The molecule has 0 aromatic heterocycles. The maximum atomic E-state index is 13.5. The van der Waals surface area contributed by atoms with E-state index in [-0.39, 0.29) is 36.7 Å². The lowest BCUT2D eigenvalue weighted by Crippen LogP contribution is -2.51. The van der Waals surface area contributed by atoms with E-state index in [1.807, 2.05) is 24.3 Å².